The quantitative estimate of drug-likeness (QED) is 0.837. The van der Waals surface area contributed by atoms with Crippen LogP contribution in [0.15, 0.2) is 23.3 Å². The predicted octanol–water partition coefficient (Wildman–Crippen LogP) is 1.63. The van der Waals surface area contributed by atoms with Crippen LogP contribution in [0.2, 0.25) is 0 Å². The van der Waals surface area contributed by atoms with Crippen LogP contribution in [0, 0.1) is 6.92 Å². The van der Waals surface area contributed by atoms with Crippen LogP contribution in [0.5, 0.6) is 0 Å². The van der Waals surface area contributed by atoms with Crippen molar-refractivity contribution in [3.63, 3.8) is 0 Å². The van der Waals surface area contributed by atoms with Crippen LogP contribution in [0.4, 0.5) is 0 Å². The van der Waals surface area contributed by atoms with Gasteiger partial charge < -0.3 is 14.9 Å². The van der Waals surface area contributed by atoms with E-state index in [0.717, 1.165) is 18.7 Å². The average molecular weight is 328 g/mol. The monoisotopic (exact) mass is 328 g/mol. The number of carbonyl (C=O) groups excluding carboxylic acids is 2. The van der Waals surface area contributed by atoms with E-state index in [0.29, 0.717) is 24.3 Å². The Balaban J connectivity index is 1.87. The Bertz CT molecular complexity index is 823. The number of carbonyl (C=O) groups is 2. The normalized spacial score (nSPS) is 17.8. The minimum absolute atomic E-state index is 0.0193. The molecule has 2 aromatic heterocycles. The number of rotatable bonds is 3. The van der Waals surface area contributed by atoms with Crippen molar-refractivity contribution in [3.05, 3.63) is 51.5 Å². The number of aromatic nitrogens is 3. The summed E-state index contributed by atoms with van der Waals surface area (Å²) >= 11 is 0. The van der Waals surface area contributed by atoms with Gasteiger partial charge in [-0.2, -0.15) is 0 Å². The van der Waals surface area contributed by atoms with Crippen LogP contribution in [0.3, 0.4) is 0 Å². The Morgan fingerprint density at radius 3 is 2.79 bits per heavy atom. The van der Waals surface area contributed by atoms with Crippen molar-refractivity contribution in [3.8, 4) is 0 Å². The molecule has 0 bridgehead atoms. The zero-order valence-electron chi connectivity index (χ0n) is 13.8. The van der Waals surface area contributed by atoms with Crippen molar-refractivity contribution in [2.45, 2.75) is 32.6 Å². The van der Waals surface area contributed by atoms with E-state index in [-0.39, 0.29) is 23.2 Å². The summed E-state index contributed by atoms with van der Waals surface area (Å²) in [6.07, 6.45) is 5.25. The fourth-order valence-corrected chi connectivity index (χ4v) is 3.20. The molecule has 1 aliphatic heterocycles. The van der Waals surface area contributed by atoms with Gasteiger partial charge in [-0.3, -0.25) is 14.4 Å². The number of aryl methyl sites for hydroxylation is 1. The molecular weight excluding hydrogens is 308 g/mol. The molecule has 7 heteroatoms. The molecule has 2 N–H and O–H groups in total. The maximum Gasteiger partial charge on any atom is 0.261 e. The first-order valence-corrected chi connectivity index (χ1v) is 8.00. The molecule has 1 atom stereocenters. The van der Waals surface area contributed by atoms with Crippen LogP contribution in [0.25, 0.3) is 0 Å². The number of aromatic amines is 2. The molecule has 2 aromatic rings. The number of pyridine rings is 1. The van der Waals surface area contributed by atoms with Crippen LogP contribution in [-0.4, -0.2) is 44.6 Å². The number of Topliss-reactive ketones (excluding diaryl/α,β-unsaturated/α-hetero) is 1. The first kappa shape index (κ1) is 16.2. The molecule has 0 aliphatic carbocycles. The SMILES string of the molecule is CC(=O)c1cc(C(=O)N2CCC[C@@H](c3ncc[nH]3)C2)c(=O)[nH]c1C. The lowest BCUT2D eigenvalue weighted by Crippen LogP contribution is -2.41. The smallest absolute Gasteiger partial charge is 0.261 e. The third-order valence-electron chi connectivity index (χ3n) is 4.46. The number of likely N-dealkylation sites (tertiary alicyclic amines) is 1. The molecule has 0 aromatic carbocycles. The highest BCUT2D eigenvalue weighted by Crippen LogP contribution is 2.25. The standard InChI is InChI=1S/C17H20N4O3/c1-10-13(11(2)22)8-14(16(23)20-10)17(24)21-7-3-4-12(9-21)15-18-5-6-19-15/h5-6,8,12H,3-4,7,9H2,1-2H3,(H,18,19)(H,20,23)/t12-/m1/s1. The molecule has 1 saturated heterocycles. The number of imidazole rings is 1. The first-order valence-electron chi connectivity index (χ1n) is 8.00. The minimum atomic E-state index is -0.456. The Morgan fingerprint density at radius 1 is 1.33 bits per heavy atom. The zero-order chi connectivity index (χ0) is 17.3. The Labute approximate surface area is 139 Å². The minimum Gasteiger partial charge on any atom is -0.348 e. The molecule has 7 nitrogen and oxygen atoms in total. The van der Waals surface area contributed by atoms with E-state index in [1.807, 2.05) is 0 Å². The zero-order valence-corrected chi connectivity index (χ0v) is 13.8. The molecule has 126 valence electrons. The van der Waals surface area contributed by atoms with E-state index < -0.39 is 5.56 Å². The predicted molar refractivity (Wildman–Crippen MR) is 88.3 cm³/mol. The summed E-state index contributed by atoms with van der Waals surface area (Å²) in [4.78, 5) is 48.3. The van der Waals surface area contributed by atoms with Crippen molar-refractivity contribution in [1.29, 1.82) is 0 Å². The van der Waals surface area contributed by atoms with E-state index in [2.05, 4.69) is 15.0 Å². The van der Waals surface area contributed by atoms with Crippen LogP contribution < -0.4 is 5.56 Å². The van der Waals surface area contributed by atoms with Gasteiger partial charge in [-0.05, 0) is 32.8 Å². The highest BCUT2D eigenvalue weighted by atomic mass is 16.2. The molecule has 0 spiro atoms. The van der Waals surface area contributed by atoms with Crippen LogP contribution in [-0.2, 0) is 0 Å². The van der Waals surface area contributed by atoms with Gasteiger partial charge in [0.1, 0.15) is 11.4 Å². The van der Waals surface area contributed by atoms with Crippen LogP contribution >= 0.6 is 0 Å². The molecule has 1 aliphatic rings. The maximum absolute atomic E-state index is 12.8. The fraction of sp³-hybridized carbons (Fsp3) is 0.412. The van der Waals surface area contributed by atoms with Gasteiger partial charge in [-0.25, -0.2) is 4.98 Å². The molecule has 0 radical (unpaired) electrons. The number of piperidine rings is 1. The van der Waals surface area contributed by atoms with E-state index in [4.69, 9.17) is 0 Å². The van der Waals surface area contributed by atoms with E-state index in [1.54, 1.807) is 24.2 Å². The van der Waals surface area contributed by atoms with Gasteiger partial charge in [0.2, 0.25) is 0 Å². The van der Waals surface area contributed by atoms with E-state index >= 15 is 0 Å². The number of hydrogen-bond acceptors (Lipinski definition) is 4. The van der Waals surface area contributed by atoms with E-state index in [9.17, 15) is 14.4 Å². The molecular formula is C17H20N4O3. The van der Waals surface area contributed by atoms with Crippen molar-refractivity contribution >= 4 is 11.7 Å². The third-order valence-corrected chi connectivity index (χ3v) is 4.46. The summed E-state index contributed by atoms with van der Waals surface area (Å²) in [5.41, 5.74) is 0.419. The van der Waals surface area contributed by atoms with Gasteiger partial charge in [-0.15, -0.1) is 0 Å². The van der Waals surface area contributed by atoms with Crippen molar-refractivity contribution < 1.29 is 9.59 Å². The lowest BCUT2D eigenvalue weighted by Gasteiger charge is -2.31. The van der Waals surface area contributed by atoms with Crippen LogP contribution in [0.1, 0.15) is 57.9 Å². The van der Waals surface area contributed by atoms with Gasteiger partial charge in [-0.1, -0.05) is 0 Å². The largest absolute Gasteiger partial charge is 0.348 e. The lowest BCUT2D eigenvalue weighted by atomic mass is 9.96. The molecule has 0 saturated carbocycles. The first-order chi connectivity index (χ1) is 11.5. The number of nitrogens with zero attached hydrogens (tertiary/aromatic N) is 2. The number of H-pyrrole nitrogens is 2. The summed E-state index contributed by atoms with van der Waals surface area (Å²) in [7, 11) is 0. The highest BCUT2D eigenvalue weighted by Gasteiger charge is 2.28. The molecule has 3 heterocycles. The van der Waals surface area contributed by atoms with Crippen molar-refractivity contribution in [2.75, 3.05) is 13.1 Å². The lowest BCUT2D eigenvalue weighted by molar-refractivity contribution is 0.0703. The number of amides is 1. The number of ketones is 1. The summed E-state index contributed by atoms with van der Waals surface area (Å²) in [6.45, 7) is 4.18. The van der Waals surface area contributed by atoms with Gasteiger partial charge >= 0.3 is 0 Å². The van der Waals surface area contributed by atoms with Crippen molar-refractivity contribution in [1.82, 2.24) is 19.9 Å². The van der Waals surface area contributed by atoms with Gasteiger partial charge in [0, 0.05) is 42.7 Å². The summed E-state index contributed by atoms with van der Waals surface area (Å²) in [5.74, 6) is 0.476. The summed E-state index contributed by atoms with van der Waals surface area (Å²) < 4.78 is 0. The van der Waals surface area contributed by atoms with Gasteiger partial charge in [0.15, 0.2) is 5.78 Å². The Kier molecular flexibility index (Phi) is 4.33. The Hall–Kier alpha value is -2.70. The molecule has 24 heavy (non-hydrogen) atoms. The summed E-state index contributed by atoms with van der Waals surface area (Å²) in [5, 5.41) is 0. The molecule has 1 amide bonds. The van der Waals surface area contributed by atoms with Crippen molar-refractivity contribution in [2.24, 2.45) is 0 Å². The average Bonchev–Trinajstić information content (AvgIpc) is 3.08. The molecule has 1 fully saturated rings. The molecule has 3 rings (SSSR count). The number of hydrogen-bond donors (Lipinski definition) is 2. The summed E-state index contributed by atoms with van der Waals surface area (Å²) in [6, 6.07) is 1.41. The number of nitrogens with one attached hydrogen (secondary N) is 2. The van der Waals surface area contributed by atoms with E-state index in [1.165, 1.54) is 13.0 Å². The second-order valence-corrected chi connectivity index (χ2v) is 6.17. The van der Waals surface area contributed by atoms with Gasteiger partial charge in [0.05, 0.1) is 0 Å². The molecule has 0 unspecified atom stereocenters. The second-order valence-electron chi connectivity index (χ2n) is 6.17. The second kappa shape index (κ2) is 6.43. The topological polar surface area (TPSA) is 98.9 Å². The van der Waals surface area contributed by atoms with Gasteiger partial charge in [0.25, 0.3) is 11.5 Å². The Morgan fingerprint density at radius 2 is 2.12 bits per heavy atom. The third kappa shape index (κ3) is 3.02. The maximum atomic E-state index is 12.8. The fourth-order valence-electron chi connectivity index (χ4n) is 3.20. The highest BCUT2D eigenvalue weighted by molar-refractivity contribution is 5.99.